The SMILES string of the molecule is COc1ccc(-c2nc(C[NH+]3CCN(c4ccc(F)cc4)CC3)cs2)cc1. The van der Waals surface area contributed by atoms with Crippen molar-refractivity contribution < 1.29 is 14.0 Å². The maximum atomic E-state index is 13.1. The van der Waals surface area contributed by atoms with Gasteiger partial charge < -0.3 is 14.5 Å². The van der Waals surface area contributed by atoms with Crippen LogP contribution in [0.4, 0.5) is 10.1 Å². The molecule has 1 N–H and O–H groups in total. The quantitative estimate of drug-likeness (QED) is 0.734. The molecule has 1 aromatic heterocycles. The fourth-order valence-electron chi connectivity index (χ4n) is 3.42. The number of methoxy groups -OCH3 is 1. The van der Waals surface area contributed by atoms with Crippen molar-refractivity contribution in [2.45, 2.75) is 6.54 Å². The first-order valence-corrected chi connectivity index (χ1v) is 10.0. The third-order valence-electron chi connectivity index (χ3n) is 4.98. The highest BCUT2D eigenvalue weighted by Gasteiger charge is 2.21. The van der Waals surface area contributed by atoms with Gasteiger partial charge >= 0.3 is 0 Å². The summed E-state index contributed by atoms with van der Waals surface area (Å²) >= 11 is 1.69. The largest absolute Gasteiger partial charge is 0.497 e. The minimum absolute atomic E-state index is 0.181. The van der Waals surface area contributed by atoms with Gasteiger partial charge in [0.1, 0.15) is 28.8 Å². The van der Waals surface area contributed by atoms with Crippen LogP contribution in [0.2, 0.25) is 0 Å². The van der Waals surface area contributed by atoms with Gasteiger partial charge in [-0.15, -0.1) is 11.3 Å². The first-order chi connectivity index (χ1) is 13.2. The number of piperazine rings is 1. The lowest BCUT2D eigenvalue weighted by atomic mass is 10.2. The summed E-state index contributed by atoms with van der Waals surface area (Å²) in [4.78, 5) is 8.69. The van der Waals surface area contributed by atoms with Crippen LogP contribution in [0.25, 0.3) is 10.6 Å². The molecular weight excluding hydrogens is 361 g/mol. The van der Waals surface area contributed by atoms with Crippen molar-refractivity contribution in [3.63, 3.8) is 0 Å². The number of hydrogen-bond donors (Lipinski definition) is 1. The maximum Gasteiger partial charge on any atom is 0.123 e. The lowest BCUT2D eigenvalue weighted by Gasteiger charge is -2.33. The van der Waals surface area contributed by atoms with Crippen LogP contribution >= 0.6 is 11.3 Å². The highest BCUT2D eigenvalue weighted by atomic mass is 32.1. The summed E-state index contributed by atoms with van der Waals surface area (Å²) in [5, 5.41) is 3.22. The van der Waals surface area contributed by atoms with E-state index < -0.39 is 0 Å². The Bertz CT molecular complexity index is 871. The highest BCUT2D eigenvalue weighted by Crippen LogP contribution is 2.25. The van der Waals surface area contributed by atoms with Gasteiger partial charge in [-0.05, 0) is 48.5 Å². The van der Waals surface area contributed by atoms with Crippen LogP contribution in [-0.2, 0) is 6.54 Å². The molecule has 0 atom stereocenters. The Morgan fingerprint density at radius 3 is 2.44 bits per heavy atom. The van der Waals surface area contributed by atoms with E-state index in [-0.39, 0.29) is 5.82 Å². The summed E-state index contributed by atoms with van der Waals surface area (Å²) in [6.45, 7) is 5.04. The normalized spacial score (nSPS) is 15.1. The van der Waals surface area contributed by atoms with E-state index in [1.54, 1.807) is 23.3 Å². The summed E-state index contributed by atoms with van der Waals surface area (Å²) in [5.41, 5.74) is 3.38. The molecule has 2 heterocycles. The standard InChI is InChI=1S/C21H22FN3OS/c1-26-20-8-2-16(3-9-20)21-23-18(15-27-21)14-24-10-12-25(13-11-24)19-6-4-17(22)5-7-19/h2-9,15H,10-14H2,1H3/p+1. The monoisotopic (exact) mass is 384 g/mol. The molecule has 4 nitrogen and oxygen atoms in total. The van der Waals surface area contributed by atoms with Crippen molar-refractivity contribution in [2.24, 2.45) is 0 Å². The van der Waals surface area contributed by atoms with E-state index in [4.69, 9.17) is 9.72 Å². The number of aromatic nitrogens is 1. The molecule has 1 aliphatic rings. The molecule has 6 heteroatoms. The number of anilines is 1. The van der Waals surface area contributed by atoms with Crippen molar-refractivity contribution in [3.8, 4) is 16.3 Å². The Morgan fingerprint density at radius 2 is 1.78 bits per heavy atom. The van der Waals surface area contributed by atoms with Gasteiger partial charge in [0.25, 0.3) is 0 Å². The van der Waals surface area contributed by atoms with E-state index in [1.165, 1.54) is 12.1 Å². The maximum absolute atomic E-state index is 13.1. The number of nitrogens with zero attached hydrogens (tertiary/aromatic N) is 2. The minimum atomic E-state index is -0.181. The van der Waals surface area contributed by atoms with Crippen LogP contribution in [0.5, 0.6) is 5.75 Å². The Balaban J connectivity index is 1.34. The molecule has 0 radical (unpaired) electrons. The predicted octanol–water partition coefficient (Wildman–Crippen LogP) is 2.86. The lowest BCUT2D eigenvalue weighted by molar-refractivity contribution is -0.914. The summed E-state index contributed by atoms with van der Waals surface area (Å²) < 4.78 is 18.3. The summed E-state index contributed by atoms with van der Waals surface area (Å²) in [6.07, 6.45) is 0. The Hall–Kier alpha value is -2.44. The van der Waals surface area contributed by atoms with Crippen molar-refractivity contribution in [2.75, 3.05) is 38.2 Å². The van der Waals surface area contributed by atoms with Gasteiger partial charge in [0.05, 0.1) is 33.3 Å². The van der Waals surface area contributed by atoms with Crippen LogP contribution in [0, 0.1) is 5.82 Å². The number of hydrogen-bond acceptors (Lipinski definition) is 4. The molecule has 0 spiro atoms. The second kappa shape index (κ2) is 8.06. The molecule has 0 saturated carbocycles. The molecule has 0 unspecified atom stereocenters. The number of benzene rings is 2. The van der Waals surface area contributed by atoms with Crippen molar-refractivity contribution >= 4 is 17.0 Å². The topological polar surface area (TPSA) is 29.8 Å². The number of ether oxygens (including phenoxy) is 1. The fourth-order valence-corrected chi connectivity index (χ4v) is 4.25. The van der Waals surface area contributed by atoms with Gasteiger partial charge in [-0.25, -0.2) is 9.37 Å². The number of thiazole rings is 1. The zero-order valence-electron chi connectivity index (χ0n) is 15.3. The molecule has 1 aliphatic heterocycles. The van der Waals surface area contributed by atoms with E-state index in [0.717, 1.165) is 60.4 Å². The van der Waals surface area contributed by atoms with Gasteiger partial charge in [0.2, 0.25) is 0 Å². The Kier molecular flexibility index (Phi) is 5.36. The van der Waals surface area contributed by atoms with Crippen LogP contribution in [-0.4, -0.2) is 38.3 Å². The molecule has 27 heavy (non-hydrogen) atoms. The molecule has 0 aliphatic carbocycles. The highest BCUT2D eigenvalue weighted by molar-refractivity contribution is 7.13. The molecule has 4 rings (SSSR count). The van der Waals surface area contributed by atoms with Gasteiger partial charge in [0, 0.05) is 16.6 Å². The van der Waals surface area contributed by atoms with Crippen LogP contribution in [0.15, 0.2) is 53.9 Å². The average molecular weight is 385 g/mol. The van der Waals surface area contributed by atoms with Crippen molar-refractivity contribution in [3.05, 3.63) is 65.4 Å². The Labute approximate surface area is 162 Å². The van der Waals surface area contributed by atoms with E-state index in [0.29, 0.717) is 0 Å². The smallest absolute Gasteiger partial charge is 0.123 e. The first-order valence-electron chi connectivity index (χ1n) is 9.14. The number of rotatable bonds is 5. The van der Waals surface area contributed by atoms with Crippen molar-refractivity contribution in [1.82, 2.24) is 4.98 Å². The second-order valence-electron chi connectivity index (χ2n) is 6.76. The third-order valence-corrected chi connectivity index (χ3v) is 5.92. The lowest BCUT2D eigenvalue weighted by Crippen LogP contribution is -3.13. The van der Waals surface area contributed by atoms with Crippen LogP contribution in [0.3, 0.4) is 0 Å². The summed E-state index contributed by atoms with van der Waals surface area (Å²) in [7, 11) is 1.68. The number of halogens is 1. The molecule has 0 amide bonds. The van der Waals surface area contributed by atoms with Gasteiger partial charge in [0.15, 0.2) is 0 Å². The fraction of sp³-hybridized carbons (Fsp3) is 0.286. The number of nitrogens with one attached hydrogen (secondary N) is 1. The molecule has 0 bridgehead atoms. The molecule has 1 saturated heterocycles. The predicted molar refractivity (Wildman–Crippen MR) is 107 cm³/mol. The van der Waals surface area contributed by atoms with Crippen LogP contribution < -0.4 is 14.5 Å². The Morgan fingerprint density at radius 1 is 1.07 bits per heavy atom. The molecule has 2 aromatic carbocycles. The molecule has 3 aromatic rings. The van der Waals surface area contributed by atoms with E-state index in [1.807, 2.05) is 24.3 Å². The average Bonchev–Trinajstić information content (AvgIpc) is 3.18. The second-order valence-corrected chi connectivity index (χ2v) is 7.62. The van der Waals surface area contributed by atoms with E-state index >= 15 is 0 Å². The van der Waals surface area contributed by atoms with Gasteiger partial charge in [-0.2, -0.15) is 0 Å². The molecular formula is C21H23FN3OS+. The zero-order valence-corrected chi connectivity index (χ0v) is 16.1. The van der Waals surface area contributed by atoms with Crippen LogP contribution in [0.1, 0.15) is 5.69 Å². The molecule has 1 fully saturated rings. The van der Waals surface area contributed by atoms with E-state index in [9.17, 15) is 4.39 Å². The first kappa shape index (κ1) is 17.9. The summed E-state index contributed by atoms with van der Waals surface area (Å²) in [5.74, 6) is 0.679. The van der Waals surface area contributed by atoms with E-state index in [2.05, 4.69) is 22.4 Å². The van der Waals surface area contributed by atoms with Crippen molar-refractivity contribution in [1.29, 1.82) is 0 Å². The molecule has 140 valence electrons. The minimum Gasteiger partial charge on any atom is -0.497 e. The van der Waals surface area contributed by atoms with Gasteiger partial charge in [-0.1, -0.05) is 0 Å². The third kappa shape index (κ3) is 4.28. The van der Waals surface area contributed by atoms with Gasteiger partial charge in [-0.3, -0.25) is 0 Å². The number of quaternary nitrogens is 1. The summed E-state index contributed by atoms with van der Waals surface area (Å²) in [6, 6.07) is 14.8. The zero-order chi connectivity index (χ0) is 18.6.